The van der Waals surface area contributed by atoms with E-state index in [-0.39, 0.29) is 0 Å². The number of benzene rings is 2. The molecule has 2 rings (SSSR count). The van der Waals surface area contributed by atoms with Gasteiger partial charge < -0.3 is 10.6 Å². The second kappa shape index (κ2) is 8.39. The molecule has 2 aromatic rings. The highest BCUT2D eigenvalue weighted by Gasteiger charge is 2.07. The SMILES string of the molecule is NCCCCCCN(c1ccccc1)c1ccccc1. The van der Waals surface area contributed by atoms with Crippen LogP contribution in [0.3, 0.4) is 0 Å². The molecule has 0 radical (unpaired) electrons. The fraction of sp³-hybridized carbons (Fsp3) is 0.333. The van der Waals surface area contributed by atoms with Crippen LogP contribution in [0.4, 0.5) is 11.4 Å². The molecule has 106 valence electrons. The number of hydrogen-bond acceptors (Lipinski definition) is 2. The molecular formula is C18H24N2. The van der Waals surface area contributed by atoms with E-state index in [4.69, 9.17) is 5.73 Å². The van der Waals surface area contributed by atoms with E-state index in [0.717, 1.165) is 19.5 Å². The molecule has 0 amide bonds. The number of anilines is 2. The minimum atomic E-state index is 0.807. The molecule has 0 atom stereocenters. The number of nitrogens with zero attached hydrogens (tertiary/aromatic N) is 1. The van der Waals surface area contributed by atoms with E-state index >= 15 is 0 Å². The first kappa shape index (κ1) is 14.6. The van der Waals surface area contributed by atoms with Crippen molar-refractivity contribution < 1.29 is 0 Å². The van der Waals surface area contributed by atoms with E-state index in [1.165, 1.54) is 30.6 Å². The summed E-state index contributed by atoms with van der Waals surface area (Å²) in [7, 11) is 0. The Balaban J connectivity index is 2.02. The molecule has 0 heterocycles. The summed E-state index contributed by atoms with van der Waals surface area (Å²) in [6.45, 7) is 1.86. The van der Waals surface area contributed by atoms with Crippen molar-refractivity contribution in [1.29, 1.82) is 0 Å². The monoisotopic (exact) mass is 268 g/mol. The molecule has 0 saturated carbocycles. The third-order valence-electron chi connectivity index (χ3n) is 3.47. The molecule has 0 spiro atoms. The van der Waals surface area contributed by atoms with Gasteiger partial charge >= 0.3 is 0 Å². The Bertz CT molecular complexity index is 428. The average Bonchev–Trinajstić information content (AvgIpc) is 2.53. The van der Waals surface area contributed by atoms with Crippen LogP contribution in [0, 0.1) is 0 Å². The Labute approximate surface area is 122 Å². The van der Waals surface area contributed by atoms with E-state index in [1.807, 2.05) is 0 Å². The van der Waals surface area contributed by atoms with Crippen molar-refractivity contribution >= 4 is 11.4 Å². The third-order valence-corrected chi connectivity index (χ3v) is 3.47. The van der Waals surface area contributed by atoms with Crippen LogP contribution >= 0.6 is 0 Å². The molecule has 0 bridgehead atoms. The second-order valence-electron chi connectivity index (χ2n) is 5.03. The van der Waals surface area contributed by atoms with Gasteiger partial charge in [-0.2, -0.15) is 0 Å². The van der Waals surface area contributed by atoms with Crippen LogP contribution < -0.4 is 10.6 Å². The molecule has 0 aromatic heterocycles. The molecule has 2 nitrogen and oxygen atoms in total. The zero-order valence-corrected chi connectivity index (χ0v) is 12.0. The maximum Gasteiger partial charge on any atom is 0.0410 e. The lowest BCUT2D eigenvalue weighted by Gasteiger charge is -2.25. The van der Waals surface area contributed by atoms with Crippen LogP contribution in [-0.2, 0) is 0 Å². The van der Waals surface area contributed by atoms with Gasteiger partial charge in [0, 0.05) is 17.9 Å². The zero-order chi connectivity index (χ0) is 14.0. The molecule has 0 unspecified atom stereocenters. The molecule has 0 aliphatic heterocycles. The van der Waals surface area contributed by atoms with Crippen molar-refractivity contribution in [2.24, 2.45) is 5.73 Å². The van der Waals surface area contributed by atoms with Gasteiger partial charge in [-0.15, -0.1) is 0 Å². The van der Waals surface area contributed by atoms with Gasteiger partial charge in [-0.05, 0) is 43.7 Å². The van der Waals surface area contributed by atoms with Crippen LogP contribution in [0.15, 0.2) is 60.7 Å². The summed E-state index contributed by atoms with van der Waals surface area (Å²) >= 11 is 0. The van der Waals surface area contributed by atoms with Crippen LogP contribution in [0.2, 0.25) is 0 Å². The van der Waals surface area contributed by atoms with Crippen molar-refractivity contribution in [3.8, 4) is 0 Å². The van der Waals surface area contributed by atoms with Crippen LogP contribution in [-0.4, -0.2) is 13.1 Å². The molecule has 0 aliphatic rings. The number of para-hydroxylation sites is 2. The Kier molecular flexibility index (Phi) is 6.12. The van der Waals surface area contributed by atoms with Crippen molar-refractivity contribution in [1.82, 2.24) is 0 Å². The van der Waals surface area contributed by atoms with Gasteiger partial charge in [0.25, 0.3) is 0 Å². The summed E-state index contributed by atoms with van der Waals surface area (Å²) in [5, 5.41) is 0. The first-order valence-corrected chi connectivity index (χ1v) is 7.49. The highest BCUT2D eigenvalue weighted by molar-refractivity contribution is 5.62. The Hall–Kier alpha value is -1.80. The van der Waals surface area contributed by atoms with Gasteiger partial charge in [-0.25, -0.2) is 0 Å². The average molecular weight is 268 g/mol. The van der Waals surface area contributed by atoms with E-state index in [9.17, 15) is 0 Å². The van der Waals surface area contributed by atoms with Gasteiger partial charge in [-0.1, -0.05) is 49.2 Å². The summed E-state index contributed by atoms with van der Waals surface area (Å²) in [5.41, 5.74) is 8.07. The van der Waals surface area contributed by atoms with Crippen LogP contribution in [0.1, 0.15) is 25.7 Å². The first-order valence-electron chi connectivity index (χ1n) is 7.49. The highest BCUT2D eigenvalue weighted by Crippen LogP contribution is 2.25. The molecule has 0 fully saturated rings. The largest absolute Gasteiger partial charge is 0.341 e. The Morgan fingerprint density at radius 2 is 1.15 bits per heavy atom. The van der Waals surface area contributed by atoms with Crippen LogP contribution in [0.25, 0.3) is 0 Å². The van der Waals surface area contributed by atoms with Gasteiger partial charge in [0.15, 0.2) is 0 Å². The summed E-state index contributed by atoms with van der Waals surface area (Å²) in [6.07, 6.45) is 4.81. The van der Waals surface area contributed by atoms with Gasteiger partial charge in [-0.3, -0.25) is 0 Å². The lowest BCUT2D eigenvalue weighted by molar-refractivity contribution is 0.648. The van der Waals surface area contributed by atoms with E-state index in [0.29, 0.717) is 0 Å². The van der Waals surface area contributed by atoms with E-state index < -0.39 is 0 Å². The minimum absolute atomic E-state index is 0.807. The van der Waals surface area contributed by atoms with Gasteiger partial charge in [0.05, 0.1) is 0 Å². The van der Waals surface area contributed by atoms with Crippen molar-refractivity contribution in [2.75, 3.05) is 18.0 Å². The molecule has 2 aromatic carbocycles. The molecule has 0 aliphatic carbocycles. The minimum Gasteiger partial charge on any atom is -0.341 e. The predicted molar refractivity (Wildman–Crippen MR) is 87.4 cm³/mol. The lowest BCUT2D eigenvalue weighted by Crippen LogP contribution is -2.18. The lowest BCUT2D eigenvalue weighted by atomic mass is 10.1. The van der Waals surface area contributed by atoms with E-state index in [2.05, 4.69) is 65.6 Å². The van der Waals surface area contributed by atoms with Crippen molar-refractivity contribution in [2.45, 2.75) is 25.7 Å². The summed E-state index contributed by atoms with van der Waals surface area (Å²) in [6, 6.07) is 21.2. The zero-order valence-electron chi connectivity index (χ0n) is 12.0. The topological polar surface area (TPSA) is 29.3 Å². The molecular weight excluding hydrogens is 244 g/mol. The van der Waals surface area contributed by atoms with Gasteiger partial charge in [0.2, 0.25) is 0 Å². The number of unbranched alkanes of at least 4 members (excludes halogenated alkanes) is 3. The molecule has 2 N–H and O–H groups in total. The number of hydrogen-bond donors (Lipinski definition) is 1. The Morgan fingerprint density at radius 1 is 0.650 bits per heavy atom. The molecule has 0 saturated heterocycles. The standard InChI is InChI=1S/C18H24N2/c19-15-9-1-2-10-16-20(17-11-5-3-6-12-17)18-13-7-4-8-14-18/h3-8,11-14H,1-2,9-10,15-16,19H2. The maximum atomic E-state index is 5.54. The quantitative estimate of drug-likeness (QED) is 0.721. The second-order valence-corrected chi connectivity index (χ2v) is 5.03. The normalized spacial score (nSPS) is 10.4. The van der Waals surface area contributed by atoms with Crippen molar-refractivity contribution in [3.63, 3.8) is 0 Å². The Morgan fingerprint density at radius 3 is 1.65 bits per heavy atom. The highest BCUT2D eigenvalue weighted by atomic mass is 15.1. The number of rotatable bonds is 8. The summed E-state index contributed by atoms with van der Waals surface area (Å²) in [4.78, 5) is 2.39. The van der Waals surface area contributed by atoms with Crippen LogP contribution in [0.5, 0.6) is 0 Å². The third kappa shape index (κ3) is 4.39. The molecule has 2 heteroatoms. The smallest absolute Gasteiger partial charge is 0.0410 e. The first-order chi connectivity index (χ1) is 9.92. The predicted octanol–water partition coefficient (Wildman–Crippen LogP) is 4.34. The fourth-order valence-corrected chi connectivity index (χ4v) is 2.39. The summed E-state index contributed by atoms with van der Waals surface area (Å²) in [5.74, 6) is 0. The fourth-order valence-electron chi connectivity index (χ4n) is 2.39. The van der Waals surface area contributed by atoms with Crippen molar-refractivity contribution in [3.05, 3.63) is 60.7 Å². The van der Waals surface area contributed by atoms with E-state index in [1.54, 1.807) is 0 Å². The number of nitrogens with two attached hydrogens (primary N) is 1. The maximum absolute atomic E-state index is 5.54. The summed E-state index contributed by atoms with van der Waals surface area (Å²) < 4.78 is 0. The van der Waals surface area contributed by atoms with Gasteiger partial charge in [0.1, 0.15) is 0 Å². The molecule has 20 heavy (non-hydrogen) atoms.